The molecular formula is C21H23NO5. The largest absolute Gasteiger partial charge is 0.497 e. The van der Waals surface area contributed by atoms with Crippen LogP contribution in [0.2, 0.25) is 0 Å². The summed E-state index contributed by atoms with van der Waals surface area (Å²) in [6.07, 6.45) is 2.79. The van der Waals surface area contributed by atoms with Gasteiger partial charge in [0.25, 0.3) is 5.91 Å². The van der Waals surface area contributed by atoms with Gasteiger partial charge < -0.3 is 19.5 Å². The van der Waals surface area contributed by atoms with Crippen molar-refractivity contribution < 1.29 is 23.8 Å². The van der Waals surface area contributed by atoms with Gasteiger partial charge in [-0.15, -0.1) is 0 Å². The molecule has 0 heterocycles. The fourth-order valence-electron chi connectivity index (χ4n) is 2.27. The normalized spacial score (nSPS) is 10.5. The minimum absolute atomic E-state index is 0.343. The lowest BCUT2D eigenvalue weighted by atomic mass is 10.1. The van der Waals surface area contributed by atoms with E-state index in [9.17, 15) is 9.59 Å². The molecule has 0 saturated carbocycles. The van der Waals surface area contributed by atoms with Crippen LogP contribution in [0.25, 0.3) is 6.08 Å². The first-order valence-corrected chi connectivity index (χ1v) is 8.41. The van der Waals surface area contributed by atoms with Crippen LogP contribution in [0.5, 0.6) is 11.5 Å². The minimum atomic E-state index is -0.620. The molecule has 0 fully saturated rings. The standard InChI is InChI=1S/C21H23NO5/c1-15-4-6-16(7-5-15)13-22-20(23)14-27-21(24)11-8-17-12-18(25-2)9-10-19(17)26-3/h4-12H,13-14H2,1-3H3,(H,22,23)/b11-8+. The van der Waals surface area contributed by atoms with Crippen LogP contribution in [-0.4, -0.2) is 32.7 Å². The van der Waals surface area contributed by atoms with Gasteiger partial charge >= 0.3 is 5.97 Å². The van der Waals surface area contributed by atoms with Crippen molar-refractivity contribution in [2.24, 2.45) is 0 Å². The molecular weight excluding hydrogens is 346 g/mol. The third kappa shape index (κ3) is 6.51. The van der Waals surface area contributed by atoms with Crippen molar-refractivity contribution in [3.05, 3.63) is 65.2 Å². The van der Waals surface area contributed by atoms with E-state index in [0.29, 0.717) is 23.6 Å². The molecule has 2 aromatic carbocycles. The SMILES string of the molecule is COc1ccc(OC)c(/C=C/C(=O)OCC(=O)NCc2ccc(C)cc2)c1. The summed E-state index contributed by atoms with van der Waals surface area (Å²) in [6.45, 7) is 2.04. The van der Waals surface area contributed by atoms with Gasteiger partial charge in [0.05, 0.1) is 14.2 Å². The summed E-state index contributed by atoms with van der Waals surface area (Å²) in [5.41, 5.74) is 2.79. The van der Waals surface area contributed by atoms with E-state index in [1.54, 1.807) is 31.4 Å². The van der Waals surface area contributed by atoms with E-state index in [4.69, 9.17) is 14.2 Å². The summed E-state index contributed by atoms with van der Waals surface area (Å²) >= 11 is 0. The number of hydrogen-bond donors (Lipinski definition) is 1. The van der Waals surface area contributed by atoms with Crippen LogP contribution in [0.4, 0.5) is 0 Å². The lowest BCUT2D eigenvalue weighted by Gasteiger charge is -2.07. The Kier molecular flexibility index (Phi) is 7.43. The van der Waals surface area contributed by atoms with Gasteiger partial charge in [0.1, 0.15) is 11.5 Å². The maximum Gasteiger partial charge on any atom is 0.331 e. The van der Waals surface area contributed by atoms with Crippen LogP contribution in [0.1, 0.15) is 16.7 Å². The number of amides is 1. The second-order valence-corrected chi connectivity index (χ2v) is 5.81. The molecule has 0 aliphatic heterocycles. The molecule has 0 bridgehead atoms. The maximum absolute atomic E-state index is 11.8. The van der Waals surface area contributed by atoms with Gasteiger partial charge in [-0.3, -0.25) is 4.79 Å². The Morgan fingerprint density at radius 1 is 1.04 bits per heavy atom. The van der Waals surface area contributed by atoms with Gasteiger partial charge in [0, 0.05) is 18.2 Å². The summed E-state index contributed by atoms with van der Waals surface area (Å²) in [4.78, 5) is 23.6. The number of ether oxygens (including phenoxy) is 3. The summed E-state index contributed by atoms with van der Waals surface area (Å²) in [7, 11) is 3.09. The van der Waals surface area contributed by atoms with Crippen molar-refractivity contribution in [2.75, 3.05) is 20.8 Å². The van der Waals surface area contributed by atoms with Gasteiger partial charge in [-0.2, -0.15) is 0 Å². The molecule has 1 N–H and O–H groups in total. The molecule has 0 atom stereocenters. The molecule has 0 radical (unpaired) electrons. The molecule has 142 valence electrons. The van der Waals surface area contributed by atoms with E-state index in [2.05, 4.69) is 5.32 Å². The quantitative estimate of drug-likeness (QED) is 0.572. The third-order valence-corrected chi connectivity index (χ3v) is 3.79. The van der Waals surface area contributed by atoms with E-state index < -0.39 is 5.97 Å². The van der Waals surface area contributed by atoms with Crippen molar-refractivity contribution >= 4 is 18.0 Å². The Morgan fingerprint density at radius 2 is 1.78 bits per heavy atom. The van der Waals surface area contributed by atoms with Crippen molar-refractivity contribution in [3.8, 4) is 11.5 Å². The first-order valence-electron chi connectivity index (χ1n) is 8.41. The fourth-order valence-corrected chi connectivity index (χ4v) is 2.27. The van der Waals surface area contributed by atoms with E-state index in [1.807, 2.05) is 31.2 Å². The first-order chi connectivity index (χ1) is 13.0. The van der Waals surface area contributed by atoms with Gasteiger partial charge in [0.2, 0.25) is 0 Å². The lowest BCUT2D eigenvalue weighted by molar-refractivity contribution is -0.143. The van der Waals surface area contributed by atoms with E-state index in [1.165, 1.54) is 13.2 Å². The molecule has 27 heavy (non-hydrogen) atoms. The topological polar surface area (TPSA) is 73.9 Å². The summed E-state index contributed by atoms with van der Waals surface area (Å²) < 4.78 is 15.3. The van der Waals surface area contributed by atoms with Gasteiger partial charge in [-0.25, -0.2) is 4.79 Å². The molecule has 0 aliphatic carbocycles. The van der Waals surface area contributed by atoms with Crippen LogP contribution >= 0.6 is 0 Å². The third-order valence-electron chi connectivity index (χ3n) is 3.79. The van der Waals surface area contributed by atoms with E-state index >= 15 is 0 Å². The average Bonchev–Trinajstić information content (AvgIpc) is 2.69. The molecule has 6 nitrogen and oxygen atoms in total. The zero-order valence-electron chi connectivity index (χ0n) is 15.7. The molecule has 2 aromatic rings. The molecule has 0 aromatic heterocycles. The summed E-state index contributed by atoms with van der Waals surface area (Å²) in [6, 6.07) is 13.0. The highest BCUT2D eigenvalue weighted by Crippen LogP contribution is 2.25. The molecule has 0 unspecified atom stereocenters. The van der Waals surface area contributed by atoms with E-state index in [0.717, 1.165) is 11.1 Å². The predicted molar refractivity (Wildman–Crippen MR) is 103 cm³/mol. The smallest absolute Gasteiger partial charge is 0.331 e. The number of aryl methyl sites for hydroxylation is 1. The van der Waals surface area contributed by atoms with Crippen LogP contribution in [0.3, 0.4) is 0 Å². The highest BCUT2D eigenvalue weighted by molar-refractivity contribution is 5.89. The highest BCUT2D eigenvalue weighted by atomic mass is 16.5. The molecule has 6 heteroatoms. The lowest BCUT2D eigenvalue weighted by Crippen LogP contribution is -2.28. The van der Waals surface area contributed by atoms with Crippen LogP contribution < -0.4 is 14.8 Å². The number of benzene rings is 2. The van der Waals surface area contributed by atoms with Crippen LogP contribution in [0.15, 0.2) is 48.5 Å². The Bertz CT molecular complexity index is 812. The number of rotatable bonds is 8. The van der Waals surface area contributed by atoms with Gasteiger partial charge in [-0.05, 0) is 36.8 Å². The molecule has 0 aliphatic rings. The Hall–Kier alpha value is -3.28. The van der Waals surface area contributed by atoms with Crippen molar-refractivity contribution in [1.82, 2.24) is 5.32 Å². The Balaban J connectivity index is 1.82. The summed E-state index contributed by atoms with van der Waals surface area (Å²) in [5, 5.41) is 2.70. The van der Waals surface area contributed by atoms with E-state index in [-0.39, 0.29) is 12.5 Å². The second-order valence-electron chi connectivity index (χ2n) is 5.81. The number of hydrogen-bond acceptors (Lipinski definition) is 5. The Labute approximate surface area is 158 Å². The molecule has 1 amide bonds. The number of carbonyl (C=O) groups is 2. The maximum atomic E-state index is 11.8. The minimum Gasteiger partial charge on any atom is -0.497 e. The van der Waals surface area contributed by atoms with Crippen LogP contribution in [-0.2, 0) is 20.9 Å². The predicted octanol–water partition coefficient (Wildman–Crippen LogP) is 2.89. The average molecular weight is 369 g/mol. The number of methoxy groups -OCH3 is 2. The van der Waals surface area contributed by atoms with Crippen molar-refractivity contribution in [2.45, 2.75) is 13.5 Å². The van der Waals surface area contributed by atoms with Crippen LogP contribution in [0, 0.1) is 6.92 Å². The molecule has 2 rings (SSSR count). The first kappa shape index (κ1) is 20.0. The van der Waals surface area contributed by atoms with Crippen molar-refractivity contribution in [1.29, 1.82) is 0 Å². The fraction of sp³-hybridized carbons (Fsp3) is 0.238. The monoisotopic (exact) mass is 369 g/mol. The van der Waals surface area contributed by atoms with Gasteiger partial charge in [0.15, 0.2) is 6.61 Å². The number of carbonyl (C=O) groups excluding carboxylic acids is 2. The highest BCUT2D eigenvalue weighted by Gasteiger charge is 2.06. The van der Waals surface area contributed by atoms with Gasteiger partial charge in [-0.1, -0.05) is 29.8 Å². The van der Waals surface area contributed by atoms with Crippen molar-refractivity contribution in [3.63, 3.8) is 0 Å². The zero-order valence-corrected chi connectivity index (χ0v) is 15.7. The second kappa shape index (κ2) is 10.0. The zero-order chi connectivity index (χ0) is 19.6. The number of esters is 1. The summed E-state index contributed by atoms with van der Waals surface area (Å²) in [5.74, 6) is 0.247. The number of nitrogens with one attached hydrogen (secondary N) is 1. The Morgan fingerprint density at radius 3 is 2.44 bits per heavy atom. The molecule has 0 spiro atoms. The molecule has 0 saturated heterocycles.